The van der Waals surface area contributed by atoms with Crippen molar-refractivity contribution < 1.29 is 12.8 Å². The molecule has 0 radical (unpaired) electrons. The Balaban J connectivity index is 2.28. The van der Waals surface area contributed by atoms with E-state index in [4.69, 9.17) is 11.6 Å². The SMILES string of the molecule is CN(Cc1ccc(F)cc1)S(=O)(=O)c1ccc(Br)cc1Cl. The second-order valence-corrected chi connectivity index (χ2v) is 7.80. The molecule has 0 N–H and O–H groups in total. The molecular weight excluding hydrogens is 381 g/mol. The highest BCUT2D eigenvalue weighted by Crippen LogP contribution is 2.27. The summed E-state index contributed by atoms with van der Waals surface area (Å²) in [6.07, 6.45) is 0. The second kappa shape index (κ2) is 6.44. The van der Waals surface area contributed by atoms with Crippen molar-refractivity contribution in [1.82, 2.24) is 4.31 Å². The maximum Gasteiger partial charge on any atom is 0.244 e. The molecule has 0 aliphatic carbocycles. The van der Waals surface area contributed by atoms with Gasteiger partial charge in [-0.15, -0.1) is 0 Å². The third kappa shape index (κ3) is 3.83. The topological polar surface area (TPSA) is 37.4 Å². The molecule has 2 aromatic rings. The van der Waals surface area contributed by atoms with E-state index in [1.165, 1.54) is 35.6 Å². The smallest absolute Gasteiger partial charge is 0.207 e. The molecule has 0 amide bonds. The van der Waals surface area contributed by atoms with Crippen molar-refractivity contribution in [2.45, 2.75) is 11.4 Å². The summed E-state index contributed by atoms with van der Waals surface area (Å²) in [5.74, 6) is -0.361. The van der Waals surface area contributed by atoms with Crippen LogP contribution in [-0.2, 0) is 16.6 Å². The zero-order chi connectivity index (χ0) is 15.6. The van der Waals surface area contributed by atoms with Gasteiger partial charge in [-0.1, -0.05) is 39.7 Å². The van der Waals surface area contributed by atoms with Crippen LogP contribution in [0.4, 0.5) is 4.39 Å². The maximum atomic E-state index is 12.9. The van der Waals surface area contributed by atoms with E-state index in [-0.39, 0.29) is 22.3 Å². The molecule has 2 rings (SSSR count). The number of benzene rings is 2. The standard InChI is InChI=1S/C14H12BrClFNO2S/c1-18(9-10-2-5-12(17)6-3-10)21(19,20)14-7-4-11(15)8-13(14)16/h2-8H,9H2,1H3. The van der Waals surface area contributed by atoms with Gasteiger partial charge in [0.1, 0.15) is 10.7 Å². The molecule has 0 aliphatic heterocycles. The highest BCUT2D eigenvalue weighted by Gasteiger charge is 2.23. The van der Waals surface area contributed by atoms with E-state index < -0.39 is 10.0 Å². The summed E-state index contributed by atoms with van der Waals surface area (Å²) in [5, 5.41) is 0.148. The Hall–Kier alpha value is -0.950. The molecule has 0 atom stereocenters. The average molecular weight is 393 g/mol. The van der Waals surface area contributed by atoms with Crippen molar-refractivity contribution in [2.24, 2.45) is 0 Å². The number of sulfonamides is 1. The van der Waals surface area contributed by atoms with Crippen molar-refractivity contribution in [3.8, 4) is 0 Å². The van der Waals surface area contributed by atoms with Gasteiger partial charge in [-0.2, -0.15) is 4.31 Å². The van der Waals surface area contributed by atoms with Crippen molar-refractivity contribution >= 4 is 37.6 Å². The average Bonchev–Trinajstić information content (AvgIpc) is 2.40. The number of nitrogens with zero attached hydrogens (tertiary/aromatic N) is 1. The van der Waals surface area contributed by atoms with E-state index in [1.807, 2.05) is 0 Å². The Labute approximate surface area is 136 Å². The van der Waals surface area contributed by atoms with Gasteiger partial charge in [0.2, 0.25) is 10.0 Å². The van der Waals surface area contributed by atoms with E-state index in [0.717, 1.165) is 0 Å². The van der Waals surface area contributed by atoms with Crippen LogP contribution in [0.15, 0.2) is 51.8 Å². The highest BCUT2D eigenvalue weighted by molar-refractivity contribution is 9.10. The largest absolute Gasteiger partial charge is 0.244 e. The first-order valence-electron chi connectivity index (χ1n) is 5.96. The van der Waals surface area contributed by atoms with E-state index >= 15 is 0 Å². The minimum atomic E-state index is -3.71. The monoisotopic (exact) mass is 391 g/mol. The normalized spacial score (nSPS) is 11.9. The van der Waals surface area contributed by atoms with Crippen LogP contribution >= 0.6 is 27.5 Å². The van der Waals surface area contributed by atoms with E-state index in [1.54, 1.807) is 18.2 Å². The summed E-state index contributed by atoms with van der Waals surface area (Å²) in [6, 6.07) is 10.3. The maximum absolute atomic E-state index is 12.9. The van der Waals surface area contributed by atoms with Crippen molar-refractivity contribution in [2.75, 3.05) is 7.05 Å². The van der Waals surface area contributed by atoms with E-state index in [0.29, 0.717) is 10.0 Å². The lowest BCUT2D eigenvalue weighted by Gasteiger charge is -2.18. The highest BCUT2D eigenvalue weighted by atomic mass is 79.9. The Bertz CT molecular complexity index is 750. The fraction of sp³-hybridized carbons (Fsp3) is 0.143. The molecule has 0 heterocycles. The quantitative estimate of drug-likeness (QED) is 0.787. The minimum absolute atomic E-state index is 0.0389. The zero-order valence-electron chi connectivity index (χ0n) is 11.1. The summed E-state index contributed by atoms with van der Waals surface area (Å²) < 4.78 is 39.7. The first-order chi connectivity index (χ1) is 9.80. The molecule has 0 unspecified atom stereocenters. The van der Waals surface area contributed by atoms with Gasteiger partial charge in [-0.05, 0) is 35.9 Å². The molecule has 0 bridgehead atoms. The van der Waals surface area contributed by atoms with Crippen LogP contribution in [0.3, 0.4) is 0 Å². The van der Waals surface area contributed by atoms with Crippen LogP contribution in [0.5, 0.6) is 0 Å². The molecule has 0 saturated carbocycles. The molecule has 2 aromatic carbocycles. The molecular formula is C14H12BrClFNO2S. The molecule has 0 aliphatic rings. The lowest BCUT2D eigenvalue weighted by molar-refractivity contribution is 0.466. The van der Waals surface area contributed by atoms with Gasteiger partial charge >= 0.3 is 0 Å². The van der Waals surface area contributed by atoms with Crippen LogP contribution in [0.1, 0.15) is 5.56 Å². The first-order valence-corrected chi connectivity index (χ1v) is 8.57. The van der Waals surface area contributed by atoms with Gasteiger partial charge in [0.05, 0.1) is 5.02 Å². The second-order valence-electron chi connectivity index (χ2n) is 4.46. The van der Waals surface area contributed by atoms with Gasteiger partial charge in [0.15, 0.2) is 0 Å². The zero-order valence-corrected chi connectivity index (χ0v) is 14.2. The Morgan fingerprint density at radius 3 is 2.38 bits per heavy atom. The van der Waals surface area contributed by atoms with Gasteiger partial charge in [0, 0.05) is 18.1 Å². The molecule has 0 spiro atoms. The fourth-order valence-electron chi connectivity index (χ4n) is 1.78. The summed E-state index contributed by atoms with van der Waals surface area (Å²) >= 11 is 9.23. The van der Waals surface area contributed by atoms with Gasteiger partial charge < -0.3 is 0 Å². The lowest BCUT2D eigenvalue weighted by atomic mass is 10.2. The van der Waals surface area contributed by atoms with Crippen LogP contribution in [0, 0.1) is 5.82 Å². The first kappa shape index (κ1) is 16.4. The van der Waals surface area contributed by atoms with Crippen molar-refractivity contribution in [1.29, 1.82) is 0 Å². The molecule has 0 fully saturated rings. The number of halogens is 3. The Morgan fingerprint density at radius 2 is 1.81 bits per heavy atom. The van der Waals surface area contributed by atoms with Crippen molar-refractivity contribution in [3.05, 3.63) is 63.3 Å². The molecule has 112 valence electrons. The summed E-state index contributed by atoms with van der Waals surface area (Å²) in [4.78, 5) is 0.0389. The van der Waals surface area contributed by atoms with Gasteiger partial charge in [-0.25, -0.2) is 12.8 Å². The molecule has 21 heavy (non-hydrogen) atoms. The van der Waals surface area contributed by atoms with Crippen LogP contribution in [0.25, 0.3) is 0 Å². The Morgan fingerprint density at radius 1 is 1.19 bits per heavy atom. The molecule has 3 nitrogen and oxygen atoms in total. The summed E-state index contributed by atoms with van der Waals surface area (Å²) in [5.41, 5.74) is 0.690. The van der Waals surface area contributed by atoms with Crippen LogP contribution in [-0.4, -0.2) is 19.8 Å². The number of hydrogen-bond acceptors (Lipinski definition) is 2. The van der Waals surface area contributed by atoms with Gasteiger partial charge in [0.25, 0.3) is 0 Å². The van der Waals surface area contributed by atoms with E-state index in [2.05, 4.69) is 15.9 Å². The predicted octanol–water partition coefficient (Wildman–Crippen LogP) is 4.06. The minimum Gasteiger partial charge on any atom is -0.207 e. The van der Waals surface area contributed by atoms with Crippen LogP contribution in [0.2, 0.25) is 5.02 Å². The lowest BCUT2D eigenvalue weighted by Crippen LogP contribution is -2.26. The third-order valence-electron chi connectivity index (χ3n) is 2.90. The summed E-state index contributed by atoms with van der Waals surface area (Å²) in [6.45, 7) is 0.134. The Kier molecular flexibility index (Phi) is 5.03. The van der Waals surface area contributed by atoms with Crippen LogP contribution < -0.4 is 0 Å². The predicted molar refractivity (Wildman–Crippen MR) is 84.2 cm³/mol. The van der Waals surface area contributed by atoms with E-state index in [9.17, 15) is 12.8 Å². The van der Waals surface area contributed by atoms with Crippen molar-refractivity contribution in [3.63, 3.8) is 0 Å². The van der Waals surface area contributed by atoms with Gasteiger partial charge in [-0.3, -0.25) is 0 Å². The fourth-order valence-corrected chi connectivity index (χ4v) is 3.95. The molecule has 0 aromatic heterocycles. The number of rotatable bonds is 4. The third-order valence-corrected chi connectivity index (χ3v) is 5.68. The number of hydrogen-bond donors (Lipinski definition) is 0. The summed E-state index contributed by atoms with van der Waals surface area (Å²) in [7, 11) is -2.25. The molecule has 7 heteroatoms. The molecule has 0 saturated heterocycles.